The van der Waals surface area contributed by atoms with Gasteiger partial charge in [-0.05, 0) is 30.7 Å². The number of nitrogens with one attached hydrogen (secondary N) is 1. The van der Waals surface area contributed by atoms with Gasteiger partial charge >= 0.3 is 0 Å². The SMILES string of the molecule is Cc1ccc(CNCc2ccccc2OCc2c(F)cccc2Cl)cc1. The first-order valence-corrected chi connectivity index (χ1v) is 8.91. The summed E-state index contributed by atoms with van der Waals surface area (Å²) in [4.78, 5) is 0. The summed E-state index contributed by atoms with van der Waals surface area (Å²) in [5.74, 6) is 0.371. The number of hydrogen-bond acceptors (Lipinski definition) is 2. The van der Waals surface area contributed by atoms with Crippen molar-refractivity contribution in [1.82, 2.24) is 5.32 Å². The third-order valence-electron chi connectivity index (χ3n) is 4.17. The first kappa shape index (κ1) is 18.4. The molecule has 0 unspecified atom stereocenters. The van der Waals surface area contributed by atoms with E-state index < -0.39 is 0 Å². The van der Waals surface area contributed by atoms with Crippen molar-refractivity contribution in [2.45, 2.75) is 26.6 Å². The lowest BCUT2D eigenvalue weighted by Gasteiger charge is -2.13. The summed E-state index contributed by atoms with van der Waals surface area (Å²) in [6.45, 7) is 3.61. The van der Waals surface area contributed by atoms with E-state index in [0.29, 0.717) is 17.1 Å². The Labute approximate surface area is 158 Å². The minimum Gasteiger partial charge on any atom is -0.488 e. The lowest BCUT2D eigenvalue weighted by atomic mass is 10.1. The van der Waals surface area contributed by atoms with Crippen LogP contribution in [0, 0.1) is 12.7 Å². The zero-order chi connectivity index (χ0) is 18.4. The van der Waals surface area contributed by atoms with E-state index in [0.717, 1.165) is 17.9 Å². The maximum absolute atomic E-state index is 13.9. The van der Waals surface area contributed by atoms with Crippen LogP contribution in [0.5, 0.6) is 5.75 Å². The van der Waals surface area contributed by atoms with E-state index in [9.17, 15) is 4.39 Å². The Hall–Kier alpha value is -2.36. The largest absolute Gasteiger partial charge is 0.488 e. The van der Waals surface area contributed by atoms with E-state index >= 15 is 0 Å². The lowest BCUT2D eigenvalue weighted by molar-refractivity contribution is 0.296. The molecule has 2 nitrogen and oxygen atoms in total. The molecule has 26 heavy (non-hydrogen) atoms. The maximum atomic E-state index is 13.9. The fourth-order valence-electron chi connectivity index (χ4n) is 2.66. The number of halogens is 2. The molecule has 0 amide bonds. The number of rotatable bonds is 7. The quantitative estimate of drug-likeness (QED) is 0.580. The van der Waals surface area contributed by atoms with Crippen molar-refractivity contribution in [3.8, 4) is 5.75 Å². The summed E-state index contributed by atoms with van der Waals surface area (Å²) in [6, 6.07) is 20.8. The highest BCUT2D eigenvalue weighted by Crippen LogP contribution is 2.23. The van der Waals surface area contributed by atoms with E-state index in [4.69, 9.17) is 16.3 Å². The van der Waals surface area contributed by atoms with Gasteiger partial charge in [0.1, 0.15) is 18.2 Å². The van der Waals surface area contributed by atoms with Crippen molar-refractivity contribution in [2.75, 3.05) is 0 Å². The average Bonchev–Trinajstić information content (AvgIpc) is 2.64. The second-order valence-electron chi connectivity index (χ2n) is 6.19. The number of hydrogen-bond donors (Lipinski definition) is 1. The van der Waals surface area contributed by atoms with Crippen LogP contribution >= 0.6 is 11.6 Å². The zero-order valence-electron chi connectivity index (χ0n) is 14.6. The van der Waals surface area contributed by atoms with Crippen LogP contribution in [-0.4, -0.2) is 0 Å². The van der Waals surface area contributed by atoms with E-state index in [2.05, 4.69) is 36.5 Å². The van der Waals surface area contributed by atoms with Gasteiger partial charge in [0, 0.05) is 24.2 Å². The molecule has 3 rings (SSSR count). The monoisotopic (exact) mass is 369 g/mol. The Morgan fingerprint density at radius 1 is 0.923 bits per heavy atom. The van der Waals surface area contributed by atoms with Crippen LogP contribution in [0.1, 0.15) is 22.3 Å². The molecule has 0 radical (unpaired) electrons. The van der Waals surface area contributed by atoms with Gasteiger partial charge < -0.3 is 10.1 Å². The number of para-hydroxylation sites is 1. The molecule has 0 spiro atoms. The summed E-state index contributed by atoms with van der Waals surface area (Å²) >= 11 is 6.07. The topological polar surface area (TPSA) is 21.3 Å². The average molecular weight is 370 g/mol. The second kappa shape index (κ2) is 8.84. The van der Waals surface area contributed by atoms with Crippen LogP contribution in [0.3, 0.4) is 0 Å². The van der Waals surface area contributed by atoms with Crippen LogP contribution in [0.4, 0.5) is 4.39 Å². The van der Waals surface area contributed by atoms with Crippen LogP contribution in [-0.2, 0) is 19.7 Å². The molecule has 0 saturated carbocycles. The van der Waals surface area contributed by atoms with Crippen molar-refractivity contribution >= 4 is 11.6 Å². The summed E-state index contributed by atoms with van der Waals surface area (Å²) < 4.78 is 19.7. The Bertz CT molecular complexity index is 844. The van der Waals surface area contributed by atoms with Gasteiger partial charge in [0.25, 0.3) is 0 Å². The summed E-state index contributed by atoms with van der Waals surface area (Å²) in [5, 5.41) is 3.79. The Morgan fingerprint density at radius 2 is 1.69 bits per heavy atom. The summed E-state index contributed by atoms with van der Waals surface area (Å²) in [7, 11) is 0. The maximum Gasteiger partial charge on any atom is 0.131 e. The highest BCUT2D eigenvalue weighted by molar-refractivity contribution is 6.31. The third-order valence-corrected chi connectivity index (χ3v) is 4.53. The van der Waals surface area contributed by atoms with Crippen LogP contribution < -0.4 is 10.1 Å². The highest BCUT2D eigenvalue weighted by Gasteiger charge is 2.09. The minimum atomic E-state index is -0.354. The van der Waals surface area contributed by atoms with Gasteiger partial charge in [-0.2, -0.15) is 0 Å². The number of ether oxygens (including phenoxy) is 1. The molecule has 0 aliphatic heterocycles. The molecule has 0 heterocycles. The highest BCUT2D eigenvalue weighted by atomic mass is 35.5. The van der Waals surface area contributed by atoms with Gasteiger partial charge in [0.15, 0.2) is 0 Å². The fraction of sp³-hybridized carbons (Fsp3) is 0.182. The molecule has 134 valence electrons. The molecule has 0 fully saturated rings. The third kappa shape index (κ3) is 4.84. The van der Waals surface area contributed by atoms with E-state index in [-0.39, 0.29) is 12.4 Å². The van der Waals surface area contributed by atoms with E-state index in [1.807, 2.05) is 24.3 Å². The van der Waals surface area contributed by atoms with Crippen molar-refractivity contribution in [2.24, 2.45) is 0 Å². The van der Waals surface area contributed by atoms with Crippen molar-refractivity contribution < 1.29 is 9.13 Å². The molecule has 0 bridgehead atoms. The Kier molecular flexibility index (Phi) is 6.26. The minimum absolute atomic E-state index is 0.0977. The normalized spacial score (nSPS) is 10.7. The first-order chi connectivity index (χ1) is 12.6. The Morgan fingerprint density at radius 3 is 2.46 bits per heavy atom. The summed E-state index contributed by atoms with van der Waals surface area (Å²) in [6.07, 6.45) is 0. The molecule has 0 atom stereocenters. The first-order valence-electron chi connectivity index (χ1n) is 8.53. The molecular formula is C22H21ClFNO. The molecule has 1 N–H and O–H groups in total. The van der Waals surface area contributed by atoms with Gasteiger partial charge in [0.2, 0.25) is 0 Å². The van der Waals surface area contributed by atoms with Gasteiger partial charge in [-0.15, -0.1) is 0 Å². The molecule has 0 aliphatic rings. The molecule has 3 aromatic carbocycles. The predicted molar refractivity (Wildman–Crippen MR) is 104 cm³/mol. The van der Waals surface area contributed by atoms with Crippen molar-refractivity contribution in [3.63, 3.8) is 0 Å². The summed E-state index contributed by atoms with van der Waals surface area (Å²) in [5.41, 5.74) is 3.87. The second-order valence-corrected chi connectivity index (χ2v) is 6.59. The van der Waals surface area contributed by atoms with Gasteiger partial charge in [-0.25, -0.2) is 4.39 Å². The molecule has 0 aromatic heterocycles. The molecule has 3 aromatic rings. The smallest absolute Gasteiger partial charge is 0.131 e. The van der Waals surface area contributed by atoms with Crippen LogP contribution in [0.25, 0.3) is 0 Å². The number of aryl methyl sites for hydroxylation is 1. The van der Waals surface area contributed by atoms with Crippen molar-refractivity contribution in [1.29, 1.82) is 0 Å². The van der Waals surface area contributed by atoms with E-state index in [1.54, 1.807) is 12.1 Å². The Balaban J connectivity index is 1.61. The standard InChI is InChI=1S/C22H21ClFNO/c1-16-9-11-17(12-10-16)13-25-14-18-5-2-3-8-22(18)26-15-19-20(23)6-4-7-21(19)24/h2-12,25H,13-15H2,1H3. The molecule has 4 heteroatoms. The van der Waals surface area contributed by atoms with E-state index in [1.165, 1.54) is 17.2 Å². The molecular weight excluding hydrogens is 349 g/mol. The van der Waals surface area contributed by atoms with Gasteiger partial charge in [-0.1, -0.05) is 65.7 Å². The van der Waals surface area contributed by atoms with Gasteiger partial charge in [0.05, 0.1) is 5.02 Å². The van der Waals surface area contributed by atoms with Crippen LogP contribution in [0.15, 0.2) is 66.7 Å². The fourth-order valence-corrected chi connectivity index (χ4v) is 2.88. The molecule has 0 aliphatic carbocycles. The molecule has 0 saturated heterocycles. The lowest BCUT2D eigenvalue weighted by Crippen LogP contribution is -2.13. The van der Waals surface area contributed by atoms with Crippen molar-refractivity contribution in [3.05, 3.63) is 99.8 Å². The van der Waals surface area contributed by atoms with Gasteiger partial charge in [-0.3, -0.25) is 0 Å². The van der Waals surface area contributed by atoms with Crippen LogP contribution in [0.2, 0.25) is 5.02 Å². The number of benzene rings is 3. The predicted octanol–water partition coefficient (Wildman–Crippen LogP) is 5.66. The zero-order valence-corrected chi connectivity index (χ0v) is 15.4.